The van der Waals surface area contributed by atoms with Crippen LogP contribution in [-0.4, -0.2) is 53.8 Å². The third-order valence-electron chi connectivity index (χ3n) is 7.96. The first-order valence-corrected chi connectivity index (χ1v) is 15.8. The topological polar surface area (TPSA) is 53.6 Å². The lowest BCUT2D eigenvalue weighted by Crippen LogP contribution is -2.48. The highest BCUT2D eigenvalue weighted by Gasteiger charge is 2.35. The fourth-order valence-corrected chi connectivity index (χ4v) is 7.08. The SMILES string of the molecule is CCCSN1CCNC[C@@H]1CCc1c(F)ccc(F)c1NC(=O)CC(c1ccc(Cl)cc1)C1CCOC(C)(C)C1. The zero-order chi connectivity index (χ0) is 28.7. The number of piperazine rings is 1. The number of benzene rings is 2. The maximum atomic E-state index is 15.1. The molecule has 2 aliphatic heterocycles. The number of anilines is 1. The summed E-state index contributed by atoms with van der Waals surface area (Å²) in [5.74, 6) is -0.288. The molecule has 220 valence electrons. The Labute approximate surface area is 246 Å². The first-order valence-electron chi connectivity index (χ1n) is 14.4. The van der Waals surface area contributed by atoms with Crippen molar-refractivity contribution in [3.63, 3.8) is 0 Å². The Morgan fingerprint density at radius 1 is 1.23 bits per heavy atom. The molecule has 5 nitrogen and oxygen atoms in total. The van der Waals surface area contributed by atoms with Crippen LogP contribution in [0.2, 0.25) is 5.02 Å². The molecule has 2 N–H and O–H groups in total. The van der Waals surface area contributed by atoms with Crippen molar-refractivity contribution >= 4 is 35.1 Å². The predicted molar refractivity (Wildman–Crippen MR) is 161 cm³/mol. The molecule has 2 saturated heterocycles. The fourth-order valence-electron chi connectivity index (χ4n) is 5.93. The summed E-state index contributed by atoms with van der Waals surface area (Å²) in [6.07, 6.45) is 3.87. The van der Waals surface area contributed by atoms with Gasteiger partial charge in [0.1, 0.15) is 11.6 Å². The van der Waals surface area contributed by atoms with Crippen LogP contribution in [0.1, 0.15) is 69.9 Å². The average molecular weight is 594 g/mol. The largest absolute Gasteiger partial charge is 0.376 e. The quantitative estimate of drug-likeness (QED) is 0.270. The molecule has 0 radical (unpaired) electrons. The summed E-state index contributed by atoms with van der Waals surface area (Å²) in [5.41, 5.74) is 0.915. The van der Waals surface area contributed by atoms with Crippen molar-refractivity contribution in [3.8, 4) is 0 Å². The first-order chi connectivity index (χ1) is 19.2. The van der Waals surface area contributed by atoms with Crippen LogP contribution in [0.4, 0.5) is 14.5 Å². The van der Waals surface area contributed by atoms with Crippen molar-refractivity contribution in [2.75, 3.05) is 37.3 Å². The highest BCUT2D eigenvalue weighted by atomic mass is 35.5. The van der Waals surface area contributed by atoms with Crippen molar-refractivity contribution in [2.24, 2.45) is 5.92 Å². The number of carbonyl (C=O) groups excluding carboxylic acids is 1. The van der Waals surface area contributed by atoms with Gasteiger partial charge >= 0.3 is 0 Å². The maximum absolute atomic E-state index is 15.1. The second kappa shape index (κ2) is 14.5. The number of amides is 1. The Bertz CT molecular complexity index is 1130. The van der Waals surface area contributed by atoms with Gasteiger partial charge in [-0.1, -0.05) is 42.6 Å². The van der Waals surface area contributed by atoms with Gasteiger partial charge in [0.05, 0.1) is 11.3 Å². The lowest BCUT2D eigenvalue weighted by atomic mass is 9.75. The maximum Gasteiger partial charge on any atom is 0.225 e. The molecule has 0 aliphatic carbocycles. The van der Waals surface area contributed by atoms with Crippen LogP contribution in [0, 0.1) is 17.6 Å². The molecule has 2 heterocycles. The minimum absolute atomic E-state index is 0.0382. The summed E-state index contributed by atoms with van der Waals surface area (Å²) >= 11 is 7.97. The molecule has 2 aromatic carbocycles. The second-order valence-electron chi connectivity index (χ2n) is 11.5. The number of nitrogens with one attached hydrogen (secondary N) is 2. The van der Waals surface area contributed by atoms with Gasteiger partial charge in [-0.05, 0) is 87.6 Å². The average Bonchev–Trinajstić information content (AvgIpc) is 2.93. The summed E-state index contributed by atoms with van der Waals surface area (Å²) < 4.78 is 38.5. The molecule has 1 amide bonds. The molecule has 0 aromatic heterocycles. The zero-order valence-electron chi connectivity index (χ0n) is 23.8. The van der Waals surface area contributed by atoms with E-state index in [0.717, 1.165) is 62.3 Å². The molecular weight excluding hydrogens is 552 g/mol. The van der Waals surface area contributed by atoms with E-state index in [2.05, 4.69) is 35.7 Å². The molecule has 2 aliphatic rings. The van der Waals surface area contributed by atoms with E-state index in [0.29, 0.717) is 24.5 Å². The standard InChI is InChI=1S/C31H42ClF2N3O2S/c1-4-17-40-37-15-14-35-20-24(37)9-10-25-27(33)11-12-28(34)30(25)36-29(38)18-26(21-5-7-23(32)8-6-21)22-13-16-39-31(2,3)19-22/h5-8,11-12,22,24,26,35H,4,9-10,13-20H2,1-3H3,(H,36,38)/t22?,24-,26?/m0/s1. The Kier molecular flexibility index (Phi) is 11.3. The van der Waals surface area contributed by atoms with Crippen LogP contribution in [0.5, 0.6) is 0 Å². The second-order valence-corrected chi connectivity index (χ2v) is 13.1. The summed E-state index contributed by atoms with van der Waals surface area (Å²) in [6, 6.07) is 10.0. The number of hydrogen-bond acceptors (Lipinski definition) is 5. The highest BCUT2D eigenvalue weighted by molar-refractivity contribution is 7.97. The Morgan fingerprint density at radius 2 is 1.98 bits per heavy atom. The highest BCUT2D eigenvalue weighted by Crippen LogP contribution is 2.40. The lowest BCUT2D eigenvalue weighted by molar-refractivity contribution is -0.118. The smallest absolute Gasteiger partial charge is 0.225 e. The van der Waals surface area contributed by atoms with E-state index in [1.165, 1.54) is 0 Å². The third-order valence-corrected chi connectivity index (χ3v) is 9.62. The van der Waals surface area contributed by atoms with Crippen molar-refractivity contribution in [2.45, 2.75) is 76.9 Å². The number of ether oxygens (including phenoxy) is 1. The van der Waals surface area contributed by atoms with Crippen molar-refractivity contribution < 1.29 is 18.3 Å². The normalized spacial score (nSPS) is 22.1. The summed E-state index contributed by atoms with van der Waals surface area (Å²) in [6.45, 7) is 9.55. The fraction of sp³-hybridized carbons (Fsp3) is 0.581. The van der Waals surface area contributed by atoms with E-state index in [1.807, 2.05) is 36.2 Å². The summed E-state index contributed by atoms with van der Waals surface area (Å²) in [4.78, 5) is 13.5. The van der Waals surface area contributed by atoms with E-state index in [9.17, 15) is 4.79 Å². The van der Waals surface area contributed by atoms with Crippen molar-refractivity contribution in [1.29, 1.82) is 0 Å². The van der Waals surface area contributed by atoms with Crippen LogP contribution in [0.25, 0.3) is 0 Å². The van der Waals surface area contributed by atoms with E-state index in [4.69, 9.17) is 16.3 Å². The van der Waals surface area contributed by atoms with Gasteiger partial charge < -0.3 is 15.4 Å². The number of nitrogens with zero attached hydrogens (tertiary/aromatic N) is 1. The van der Waals surface area contributed by atoms with Gasteiger partial charge in [0.25, 0.3) is 0 Å². The van der Waals surface area contributed by atoms with Crippen LogP contribution in [0.15, 0.2) is 36.4 Å². The number of rotatable bonds is 11. The van der Waals surface area contributed by atoms with E-state index in [-0.39, 0.29) is 47.1 Å². The van der Waals surface area contributed by atoms with Crippen LogP contribution in [0.3, 0.4) is 0 Å². The van der Waals surface area contributed by atoms with E-state index in [1.54, 1.807) is 0 Å². The summed E-state index contributed by atoms with van der Waals surface area (Å²) in [5, 5.41) is 6.83. The Balaban J connectivity index is 1.51. The van der Waals surface area contributed by atoms with E-state index >= 15 is 8.78 Å². The van der Waals surface area contributed by atoms with Gasteiger partial charge in [-0.25, -0.2) is 13.1 Å². The van der Waals surface area contributed by atoms with Crippen molar-refractivity contribution in [1.82, 2.24) is 9.62 Å². The molecule has 2 unspecified atom stereocenters. The number of halogens is 3. The molecule has 4 rings (SSSR count). The first kappa shape index (κ1) is 31.2. The molecule has 9 heteroatoms. The molecule has 0 spiro atoms. The van der Waals surface area contributed by atoms with Crippen LogP contribution < -0.4 is 10.6 Å². The number of carbonyl (C=O) groups is 1. The van der Waals surface area contributed by atoms with Gasteiger partial charge in [-0.15, -0.1) is 0 Å². The molecular formula is C31H42ClF2N3O2S. The van der Waals surface area contributed by atoms with Gasteiger partial charge in [0, 0.05) is 55.0 Å². The molecule has 40 heavy (non-hydrogen) atoms. The van der Waals surface area contributed by atoms with Crippen LogP contribution in [-0.2, 0) is 16.0 Å². The molecule has 2 aromatic rings. The molecule has 3 atom stereocenters. The lowest BCUT2D eigenvalue weighted by Gasteiger charge is -2.39. The zero-order valence-corrected chi connectivity index (χ0v) is 25.4. The van der Waals surface area contributed by atoms with Gasteiger partial charge in [-0.3, -0.25) is 4.79 Å². The monoisotopic (exact) mass is 593 g/mol. The van der Waals surface area contributed by atoms with Crippen LogP contribution >= 0.6 is 23.5 Å². The van der Waals surface area contributed by atoms with Gasteiger partial charge in [0.2, 0.25) is 5.91 Å². The Morgan fingerprint density at radius 3 is 2.70 bits per heavy atom. The van der Waals surface area contributed by atoms with Gasteiger partial charge in [-0.2, -0.15) is 0 Å². The molecule has 0 saturated carbocycles. The summed E-state index contributed by atoms with van der Waals surface area (Å²) in [7, 11) is 0. The molecule has 0 bridgehead atoms. The third kappa shape index (κ3) is 8.41. The Hall–Kier alpha value is -1.71. The minimum Gasteiger partial charge on any atom is -0.376 e. The van der Waals surface area contributed by atoms with Gasteiger partial charge in [0.15, 0.2) is 0 Å². The molecule has 2 fully saturated rings. The minimum atomic E-state index is -0.612. The van der Waals surface area contributed by atoms with Crippen molar-refractivity contribution in [3.05, 3.63) is 64.2 Å². The number of hydrogen-bond donors (Lipinski definition) is 2. The van der Waals surface area contributed by atoms with E-state index < -0.39 is 11.6 Å². The predicted octanol–water partition coefficient (Wildman–Crippen LogP) is 7.20.